The molecule has 3 heterocycles. The molecule has 2 aromatic heterocycles. The van der Waals surface area contributed by atoms with Crippen LogP contribution in [0.5, 0.6) is 0 Å². The molecule has 1 N–H and O–H groups in total. The number of piperidine rings is 1. The number of H-pyrrole nitrogens is 1. The van der Waals surface area contributed by atoms with Crippen LogP contribution in [0.1, 0.15) is 47.7 Å². The van der Waals surface area contributed by atoms with Crippen molar-refractivity contribution in [2.45, 2.75) is 32.1 Å². The van der Waals surface area contributed by atoms with Crippen molar-refractivity contribution in [1.29, 1.82) is 0 Å². The molecule has 5 nitrogen and oxygen atoms in total. The van der Waals surface area contributed by atoms with Crippen LogP contribution >= 0.6 is 0 Å². The van der Waals surface area contributed by atoms with Gasteiger partial charge in [-0.3, -0.25) is 9.89 Å². The van der Waals surface area contributed by atoms with E-state index in [9.17, 15) is 4.79 Å². The zero-order chi connectivity index (χ0) is 13.9. The normalized spacial score (nSPS) is 19.2. The second kappa shape index (κ2) is 5.53. The van der Waals surface area contributed by atoms with Crippen molar-refractivity contribution in [3.8, 4) is 0 Å². The van der Waals surface area contributed by atoms with Gasteiger partial charge in [0.1, 0.15) is 5.76 Å². The van der Waals surface area contributed by atoms with Gasteiger partial charge in [0, 0.05) is 37.3 Å². The van der Waals surface area contributed by atoms with Crippen molar-refractivity contribution in [2.75, 3.05) is 13.1 Å². The van der Waals surface area contributed by atoms with Gasteiger partial charge in [-0.1, -0.05) is 6.92 Å². The third-order valence-corrected chi connectivity index (χ3v) is 3.89. The molecule has 20 heavy (non-hydrogen) atoms. The molecule has 1 aliphatic rings. The van der Waals surface area contributed by atoms with E-state index in [1.165, 1.54) is 0 Å². The van der Waals surface area contributed by atoms with Gasteiger partial charge < -0.3 is 9.32 Å². The quantitative estimate of drug-likeness (QED) is 0.935. The molecule has 0 aromatic carbocycles. The third kappa shape index (κ3) is 2.48. The molecule has 106 valence electrons. The molecule has 0 aliphatic carbocycles. The molecule has 1 atom stereocenters. The minimum absolute atomic E-state index is 0.00563. The second-order valence-electron chi connectivity index (χ2n) is 5.22. The standard InChI is InChI=1S/C15H19N3O2/c1-2-12-5-6-14(20-12)15(19)18-9-3-4-11(10-18)13-7-8-16-17-13/h5-8,11H,2-4,9-10H2,1H3,(H,16,17). The summed E-state index contributed by atoms with van der Waals surface area (Å²) in [5, 5.41) is 7.00. The van der Waals surface area contributed by atoms with E-state index < -0.39 is 0 Å². The molecule has 0 radical (unpaired) electrons. The number of likely N-dealkylation sites (tertiary alicyclic amines) is 1. The molecule has 3 rings (SSSR count). The van der Waals surface area contributed by atoms with E-state index in [-0.39, 0.29) is 5.91 Å². The molecule has 1 amide bonds. The molecule has 5 heteroatoms. The number of aryl methyl sites for hydroxylation is 1. The number of furan rings is 1. The summed E-state index contributed by atoms with van der Waals surface area (Å²) in [6, 6.07) is 5.64. The van der Waals surface area contributed by atoms with Crippen molar-refractivity contribution in [3.63, 3.8) is 0 Å². The van der Waals surface area contributed by atoms with Crippen molar-refractivity contribution >= 4 is 5.91 Å². The van der Waals surface area contributed by atoms with Crippen molar-refractivity contribution in [2.24, 2.45) is 0 Å². The molecule has 2 aromatic rings. The minimum atomic E-state index is -0.00563. The summed E-state index contributed by atoms with van der Waals surface area (Å²) in [7, 11) is 0. The zero-order valence-corrected chi connectivity index (χ0v) is 11.6. The van der Waals surface area contributed by atoms with Crippen LogP contribution in [0.2, 0.25) is 0 Å². The number of aromatic nitrogens is 2. The minimum Gasteiger partial charge on any atom is -0.456 e. The Hall–Kier alpha value is -2.04. The van der Waals surface area contributed by atoms with Crippen molar-refractivity contribution in [1.82, 2.24) is 15.1 Å². The summed E-state index contributed by atoms with van der Waals surface area (Å²) in [5.41, 5.74) is 1.11. The van der Waals surface area contributed by atoms with E-state index in [4.69, 9.17) is 4.42 Å². The number of aromatic amines is 1. The van der Waals surface area contributed by atoms with Crippen LogP contribution in [0.4, 0.5) is 0 Å². The number of rotatable bonds is 3. The van der Waals surface area contributed by atoms with Gasteiger partial charge in [0.05, 0.1) is 0 Å². The first kappa shape index (κ1) is 13.0. The van der Waals surface area contributed by atoms with Gasteiger partial charge in [0.15, 0.2) is 5.76 Å². The molecule has 1 aliphatic heterocycles. The SMILES string of the molecule is CCc1ccc(C(=O)N2CCCC(c3ccn[nH]3)C2)o1. The molecular formula is C15H19N3O2. The van der Waals surface area contributed by atoms with Crippen LogP contribution in [0.25, 0.3) is 0 Å². The topological polar surface area (TPSA) is 62.1 Å². The first-order chi connectivity index (χ1) is 9.78. The van der Waals surface area contributed by atoms with Crippen molar-refractivity contribution in [3.05, 3.63) is 41.6 Å². The summed E-state index contributed by atoms with van der Waals surface area (Å²) in [6.07, 6.45) is 4.67. The average Bonchev–Trinajstić information content (AvgIpc) is 3.17. The Labute approximate surface area is 118 Å². The molecule has 0 spiro atoms. The number of nitrogens with one attached hydrogen (secondary N) is 1. The average molecular weight is 273 g/mol. The summed E-state index contributed by atoms with van der Waals surface area (Å²) in [6.45, 7) is 3.54. The number of nitrogens with zero attached hydrogens (tertiary/aromatic N) is 2. The molecular weight excluding hydrogens is 254 g/mol. The Morgan fingerprint density at radius 1 is 1.50 bits per heavy atom. The van der Waals surface area contributed by atoms with Gasteiger partial charge in [-0.15, -0.1) is 0 Å². The van der Waals surface area contributed by atoms with E-state index >= 15 is 0 Å². The van der Waals surface area contributed by atoms with Gasteiger partial charge in [-0.25, -0.2) is 0 Å². The molecule has 1 saturated heterocycles. The van der Waals surface area contributed by atoms with Crippen LogP contribution in [-0.4, -0.2) is 34.1 Å². The zero-order valence-electron chi connectivity index (χ0n) is 11.6. The number of carbonyl (C=O) groups excluding carboxylic acids is 1. The van der Waals surface area contributed by atoms with Crippen LogP contribution < -0.4 is 0 Å². The van der Waals surface area contributed by atoms with Crippen molar-refractivity contribution < 1.29 is 9.21 Å². The van der Waals surface area contributed by atoms with Gasteiger partial charge in [0.2, 0.25) is 0 Å². The molecule has 1 fully saturated rings. The number of amides is 1. The molecule has 0 saturated carbocycles. The fourth-order valence-electron chi connectivity index (χ4n) is 2.75. The third-order valence-electron chi connectivity index (χ3n) is 3.89. The smallest absolute Gasteiger partial charge is 0.289 e. The summed E-state index contributed by atoms with van der Waals surface area (Å²) < 4.78 is 5.56. The number of hydrogen-bond acceptors (Lipinski definition) is 3. The Bertz CT molecular complexity index is 574. The lowest BCUT2D eigenvalue weighted by molar-refractivity contribution is 0.0672. The second-order valence-corrected chi connectivity index (χ2v) is 5.22. The predicted octanol–water partition coefficient (Wildman–Crippen LogP) is 2.58. The van der Waals surface area contributed by atoms with Crippen LogP contribution in [-0.2, 0) is 6.42 Å². The number of carbonyl (C=O) groups is 1. The maximum atomic E-state index is 12.5. The first-order valence-corrected chi connectivity index (χ1v) is 7.15. The molecule has 1 unspecified atom stereocenters. The van der Waals surface area contributed by atoms with E-state index in [0.29, 0.717) is 11.7 Å². The fraction of sp³-hybridized carbons (Fsp3) is 0.467. The Morgan fingerprint density at radius 2 is 2.40 bits per heavy atom. The van der Waals surface area contributed by atoms with Crippen LogP contribution in [0.15, 0.2) is 28.8 Å². The maximum Gasteiger partial charge on any atom is 0.289 e. The van der Waals surface area contributed by atoms with E-state index in [0.717, 1.165) is 43.8 Å². The maximum absolute atomic E-state index is 12.5. The summed E-state index contributed by atoms with van der Waals surface area (Å²) in [4.78, 5) is 14.3. The Morgan fingerprint density at radius 3 is 3.10 bits per heavy atom. The highest BCUT2D eigenvalue weighted by Gasteiger charge is 2.27. The van der Waals surface area contributed by atoms with E-state index in [1.807, 2.05) is 24.0 Å². The largest absolute Gasteiger partial charge is 0.456 e. The lowest BCUT2D eigenvalue weighted by Gasteiger charge is -2.31. The first-order valence-electron chi connectivity index (χ1n) is 7.15. The predicted molar refractivity (Wildman–Crippen MR) is 74.6 cm³/mol. The van der Waals surface area contributed by atoms with E-state index in [1.54, 1.807) is 12.3 Å². The summed E-state index contributed by atoms with van der Waals surface area (Å²) >= 11 is 0. The van der Waals surface area contributed by atoms with Crippen LogP contribution in [0, 0.1) is 0 Å². The highest BCUT2D eigenvalue weighted by atomic mass is 16.4. The van der Waals surface area contributed by atoms with E-state index in [2.05, 4.69) is 10.2 Å². The lowest BCUT2D eigenvalue weighted by atomic mass is 9.95. The van der Waals surface area contributed by atoms with Crippen LogP contribution in [0.3, 0.4) is 0 Å². The fourth-order valence-corrected chi connectivity index (χ4v) is 2.75. The monoisotopic (exact) mass is 273 g/mol. The van der Waals surface area contributed by atoms with Gasteiger partial charge in [0.25, 0.3) is 5.91 Å². The summed E-state index contributed by atoms with van der Waals surface area (Å²) in [5.74, 6) is 1.65. The van der Waals surface area contributed by atoms with Gasteiger partial charge >= 0.3 is 0 Å². The Kier molecular flexibility index (Phi) is 3.58. The van der Waals surface area contributed by atoms with Gasteiger partial charge in [-0.2, -0.15) is 5.10 Å². The lowest BCUT2D eigenvalue weighted by Crippen LogP contribution is -2.39. The van der Waals surface area contributed by atoms with Gasteiger partial charge in [-0.05, 0) is 31.0 Å². The Balaban J connectivity index is 1.71. The molecule has 0 bridgehead atoms. The highest BCUT2D eigenvalue weighted by Crippen LogP contribution is 2.26. The number of hydrogen-bond donors (Lipinski definition) is 1. The highest BCUT2D eigenvalue weighted by molar-refractivity contribution is 5.91.